The quantitative estimate of drug-likeness (QED) is 0.407. The molecule has 3 heterocycles. The van der Waals surface area contributed by atoms with Crippen LogP contribution in [0.15, 0.2) is 60.7 Å². The van der Waals surface area contributed by atoms with Gasteiger partial charge in [0, 0.05) is 30.4 Å². The number of aryl methyl sites for hydroxylation is 1. The van der Waals surface area contributed by atoms with Crippen LogP contribution in [0.2, 0.25) is 0 Å². The normalized spacial score (nSPS) is 16.0. The lowest BCUT2D eigenvalue weighted by atomic mass is 10.0. The molecule has 7 nitrogen and oxygen atoms in total. The van der Waals surface area contributed by atoms with Crippen molar-refractivity contribution in [2.24, 2.45) is 0 Å². The highest BCUT2D eigenvalue weighted by atomic mass is 16.3. The third-order valence-corrected chi connectivity index (χ3v) is 6.56. The van der Waals surface area contributed by atoms with Crippen LogP contribution in [0.25, 0.3) is 22.3 Å². The number of aromatic hydroxyl groups is 1. The number of aromatic amines is 1. The molecule has 5 rings (SSSR count). The van der Waals surface area contributed by atoms with Crippen LogP contribution in [0.1, 0.15) is 34.5 Å². The van der Waals surface area contributed by atoms with Crippen LogP contribution in [0, 0.1) is 6.92 Å². The van der Waals surface area contributed by atoms with E-state index in [1.807, 2.05) is 36.1 Å². The molecule has 1 aliphatic rings. The third-order valence-electron chi connectivity index (χ3n) is 6.56. The number of pyridine rings is 1. The minimum absolute atomic E-state index is 0.00144. The molecule has 7 heteroatoms. The van der Waals surface area contributed by atoms with Gasteiger partial charge in [-0.15, -0.1) is 0 Å². The third kappa shape index (κ3) is 4.52. The molecule has 1 saturated heterocycles. The molecule has 0 bridgehead atoms. The first kappa shape index (κ1) is 22.1. The summed E-state index contributed by atoms with van der Waals surface area (Å²) in [6, 6.07) is 19.2. The summed E-state index contributed by atoms with van der Waals surface area (Å²) in [6.45, 7) is 4.35. The Morgan fingerprint density at radius 2 is 1.94 bits per heavy atom. The van der Waals surface area contributed by atoms with Crippen LogP contribution in [0.5, 0.6) is 5.75 Å². The summed E-state index contributed by atoms with van der Waals surface area (Å²) in [4.78, 5) is 20.9. The van der Waals surface area contributed by atoms with Crippen molar-refractivity contribution < 1.29 is 9.90 Å². The van der Waals surface area contributed by atoms with Gasteiger partial charge in [0.1, 0.15) is 5.75 Å². The second-order valence-corrected chi connectivity index (χ2v) is 8.88. The van der Waals surface area contributed by atoms with E-state index in [0.29, 0.717) is 23.4 Å². The molecule has 1 fully saturated rings. The van der Waals surface area contributed by atoms with E-state index >= 15 is 0 Å². The van der Waals surface area contributed by atoms with Crippen molar-refractivity contribution >= 4 is 16.9 Å². The molecular weight excluding hydrogens is 426 g/mol. The number of benzene rings is 2. The monoisotopic (exact) mass is 455 g/mol. The number of phenolic OH excluding ortho intramolecular Hbond substituents is 1. The van der Waals surface area contributed by atoms with Gasteiger partial charge < -0.3 is 15.3 Å². The molecule has 1 aliphatic heterocycles. The van der Waals surface area contributed by atoms with Gasteiger partial charge in [-0.1, -0.05) is 30.3 Å². The van der Waals surface area contributed by atoms with Crippen molar-refractivity contribution in [3.63, 3.8) is 0 Å². The topological polar surface area (TPSA) is 94.1 Å². The SMILES string of the molecule is Cc1[nH]nc2nc(-c3ccc(O)cc3)cc(C(=O)N(CCc3ccccc3)[C@@H]3CCCNC3)c12. The van der Waals surface area contributed by atoms with Crippen LogP contribution < -0.4 is 5.32 Å². The molecule has 0 spiro atoms. The minimum atomic E-state index is 0.00144. The Morgan fingerprint density at radius 1 is 1.15 bits per heavy atom. The maximum Gasteiger partial charge on any atom is 0.255 e. The van der Waals surface area contributed by atoms with E-state index in [4.69, 9.17) is 4.98 Å². The van der Waals surface area contributed by atoms with Gasteiger partial charge in [-0.3, -0.25) is 9.89 Å². The van der Waals surface area contributed by atoms with Crippen molar-refractivity contribution in [3.05, 3.63) is 77.5 Å². The number of carbonyl (C=O) groups is 1. The van der Waals surface area contributed by atoms with Crippen LogP contribution in [-0.2, 0) is 6.42 Å². The Balaban J connectivity index is 1.55. The summed E-state index contributed by atoms with van der Waals surface area (Å²) >= 11 is 0. The molecular formula is C27H29N5O2. The second-order valence-electron chi connectivity index (χ2n) is 8.88. The van der Waals surface area contributed by atoms with E-state index in [2.05, 4.69) is 27.6 Å². The molecule has 0 saturated carbocycles. The van der Waals surface area contributed by atoms with E-state index in [9.17, 15) is 9.90 Å². The fourth-order valence-electron chi connectivity index (χ4n) is 4.72. The lowest BCUT2D eigenvalue weighted by molar-refractivity contribution is 0.0653. The van der Waals surface area contributed by atoms with Crippen LogP contribution in [0.3, 0.4) is 0 Å². The zero-order valence-corrected chi connectivity index (χ0v) is 19.3. The summed E-state index contributed by atoms with van der Waals surface area (Å²) < 4.78 is 0. The van der Waals surface area contributed by atoms with Crippen molar-refractivity contribution in [2.45, 2.75) is 32.2 Å². The summed E-state index contributed by atoms with van der Waals surface area (Å²) in [5.74, 6) is 0.190. The first-order valence-electron chi connectivity index (χ1n) is 11.8. The first-order valence-corrected chi connectivity index (χ1v) is 11.8. The van der Waals surface area contributed by atoms with Gasteiger partial charge in [0.2, 0.25) is 0 Å². The fraction of sp³-hybridized carbons (Fsp3) is 0.296. The zero-order chi connectivity index (χ0) is 23.5. The summed E-state index contributed by atoms with van der Waals surface area (Å²) in [5.41, 5.74) is 4.66. The van der Waals surface area contributed by atoms with Gasteiger partial charge >= 0.3 is 0 Å². The Bertz CT molecular complexity index is 1280. The lowest BCUT2D eigenvalue weighted by Gasteiger charge is -2.35. The zero-order valence-electron chi connectivity index (χ0n) is 19.3. The molecule has 174 valence electrons. The molecule has 0 unspecified atom stereocenters. The molecule has 1 atom stereocenters. The Morgan fingerprint density at radius 3 is 2.68 bits per heavy atom. The number of phenols is 1. The highest BCUT2D eigenvalue weighted by Gasteiger charge is 2.29. The maximum atomic E-state index is 14.2. The summed E-state index contributed by atoms with van der Waals surface area (Å²) in [7, 11) is 0. The average molecular weight is 456 g/mol. The van der Waals surface area contributed by atoms with E-state index in [0.717, 1.165) is 49.0 Å². The fourth-order valence-corrected chi connectivity index (χ4v) is 4.72. The van der Waals surface area contributed by atoms with Crippen molar-refractivity contribution in [1.29, 1.82) is 0 Å². The van der Waals surface area contributed by atoms with Gasteiger partial charge in [0.25, 0.3) is 5.91 Å². The summed E-state index contributed by atoms with van der Waals surface area (Å²) in [6.07, 6.45) is 2.83. The average Bonchev–Trinajstić information content (AvgIpc) is 3.26. The number of carbonyl (C=O) groups excluding carboxylic acids is 1. The van der Waals surface area contributed by atoms with Crippen LogP contribution in [0.4, 0.5) is 0 Å². The Labute approximate surface area is 198 Å². The van der Waals surface area contributed by atoms with Gasteiger partial charge in [0.15, 0.2) is 5.65 Å². The number of hydrogen-bond donors (Lipinski definition) is 3. The lowest BCUT2D eigenvalue weighted by Crippen LogP contribution is -2.49. The smallest absolute Gasteiger partial charge is 0.255 e. The largest absolute Gasteiger partial charge is 0.508 e. The number of rotatable bonds is 6. The standard InChI is InChI=1S/C27H29N5O2/c1-18-25-23(16-24(29-26(25)31-30-18)20-9-11-22(33)12-10-20)27(34)32(21-8-5-14-28-17-21)15-13-19-6-3-2-4-7-19/h2-4,6-7,9-12,16,21,28,33H,5,8,13-15,17H2,1H3,(H,29,30,31)/t21-/m1/s1. The number of hydrogen-bond acceptors (Lipinski definition) is 5. The number of H-pyrrole nitrogens is 1. The number of piperidine rings is 1. The molecule has 2 aromatic carbocycles. The molecule has 2 aromatic heterocycles. The van der Waals surface area contributed by atoms with Gasteiger partial charge in [-0.05, 0) is 68.6 Å². The second kappa shape index (κ2) is 9.65. The highest BCUT2D eigenvalue weighted by molar-refractivity contribution is 6.07. The molecule has 4 aromatic rings. The maximum absolute atomic E-state index is 14.2. The number of amides is 1. The van der Waals surface area contributed by atoms with Gasteiger partial charge in [-0.25, -0.2) is 4.98 Å². The Hall–Kier alpha value is -3.71. The minimum Gasteiger partial charge on any atom is -0.508 e. The van der Waals surface area contributed by atoms with Crippen LogP contribution in [-0.4, -0.2) is 56.8 Å². The van der Waals surface area contributed by atoms with Gasteiger partial charge in [-0.2, -0.15) is 5.10 Å². The molecule has 34 heavy (non-hydrogen) atoms. The van der Waals surface area contributed by atoms with Crippen LogP contribution >= 0.6 is 0 Å². The Kier molecular flexibility index (Phi) is 6.27. The van der Waals surface area contributed by atoms with Gasteiger partial charge in [0.05, 0.1) is 16.6 Å². The molecule has 1 amide bonds. The number of fused-ring (bicyclic) bond motifs is 1. The number of nitrogens with zero attached hydrogens (tertiary/aromatic N) is 3. The number of nitrogens with one attached hydrogen (secondary N) is 2. The first-order chi connectivity index (χ1) is 16.6. The molecule has 0 aliphatic carbocycles. The summed E-state index contributed by atoms with van der Waals surface area (Å²) in [5, 5.41) is 21.3. The van der Waals surface area contributed by atoms with E-state index in [1.54, 1.807) is 24.3 Å². The van der Waals surface area contributed by atoms with Crippen molar-refractivity contribution in [3.8, 4) is 17.0 Å². The van der Waals surface area contributed by atoms with E-state index in [-0.39, 0.29) is 17.7 Å². The molecule has 3 N–H and O–H groups in total. The number of aromatic nitrogens is 3. The predicted molar refractivity (Wildman–Crippen MR) is 133 cm³/mol. The highest BCUT2D eigenvalue weighted by Crippen LogP contribution is 2.29. The van der Waals surface area contributed by atoms with E-state index in [1.165, 1.54) is 5.56 Å². The predicted octanol–water partition coefficient (Wildman–Crippen LogP) is 4.08. The van der Waals surface area contributed by atoms with Crippen molar-refractivity contribution in [2.75, 3.05) is 19.6 Å². The van der Waals surface area contributed by atoms with E-state index < -0.39 is 0 Å². The van der Waals surface area contributed by atoms with Crippen molar-refractivity contribution in [1.82, 2.24) is 25.4 Å². The molecule has 0 radical (unpaired) electrons.